The van der Waals surface area contributed by atoms with Crippen LogP contribution in [0.4, 0.5) is 0 Å². The monoisotopic (exact) mass is 299 g/mol. The summed E-state index contributed by atoms with van der Waals surface area (Å²) in [7, 11) is 0. The second-order valence-corrected chi connectivity index (χ2v) is 6.23. The molecule has 5 nitrogen and oxygen atoms in total. The molecule has 0 radical (unpaired) electrons. The van der Waals surface area contributed by atoms with Crippen LogP contribution in [0.15, 0.2) is 36.7 Å². The van der Waals surface area contributed by atoms with Gasteiger partial charge in [0, 0.05) is 18.3 Å². The minimum atomic E-state index is -0.758. The molecule has 22 heavy (non-hydrogen) atoms. The molecule has 0 bridgehead atoms. The van der Waals surface area contributed by atoms with E-state index in [1.807, 2.05) is 41.0 Å². The lowest BCUT2D eigenvalue weighted by Gasteiger charge is -2.30. The maximum absolute atomic E-state index is 11.5. The van der Waals surface area contributed by atoms with Crippen LogP contribution in [0, 0.1) is 6.92 Å². The van der Waals surface area contributed by atoms with E-state index in [4.69, 9.17) is 0 Å². The molecule has 1 saturated heterocycles. The standard InChI is InChI=1S/C17H21N3O2/c1-13-4-6-15(7-5-13)20-12-14(10-18-20)11-19-9-3-8-17(19,2)16(21)22/h4-7,10,12H,3,8-9,11H2,1-2H3,(H,21,22)/t17-/m0/s1. The summed E-state index contributed by atoms with van der Waals surface area (Å²) in [6, 6.07) is 8.17. The predicted molar refractivity (Wildman–Crippen MR) is 84.0 cm³/mol. The Morgan fingerprint density at radius 2 is 2.09 bits per heavy atom. The van der Waals surface area contributed by atoms with Crippen molar-refractivity contribution in [2.45, 2.75) is 38.8 Å². The summed E-state index contributed by atoms with van der Waals surface area (Å²) in [6.45, 7) is 5.30. The fraction of sp³-hybridized carbons (Fsp3) is 0.412. The molecule has 0 saturated carbocycles. The second kappa shape index (κ2) is 5.57. The van der Waals surface area contributed by atoms with Crippen molar-refractivity contribution in [2.75, 3.05) is 6.54 Å². The molecular weight excluding hydrogens is 278 g/mol. The largest absolute Gasteiger partial charge is 0.480 e. The summed E-state index contributed by atoms with van der Waals surface area (Å²) in [4.78, 5) is 13.6. The zero-order valence-electron chi connectivity index (χ0n) is 13.0. The van der Waals surface area contributed by atoms with E-state index in [1.165, 1.54) is 5.56 Å². The Bertz CT molecular complexity index is 677. The number of aryl methyl sites for hydroxylation is 1. The van der Waals surface area contributed by atoms with Crippen LogP contribution in [-0.2, 0) is 11.3 Å². The Labute approximate surface area is 130 Å². The van der Waals surface area contributed by atoms with Crippen LogP contribution in [0.25, 0.3) is 5.69 Å². The molecule has 0 unspecified atom stereocenters. The summed E-state index contributed by atoms with van der Waals surface area (Å²) >= 11 is 0. The highest BCUT2D eigenvalue weighted by Gasteiger charge is 2.43. The summed E-state index contributed by atoms with van der Waals surface area (Å²) in [5.74, 6) is -0.740. The molecule has 5 heteroatoms. The topological polar surface area (TPSA) is 58.4 Å². The van der Waals surface area contributed by atoms with Gasteiger partial charge in [0.2, 0.25) is 0 Å². The lowest BCUT2D eigenvalue weighted by Crippen LogP contribution is -2.47. The van der Waals surface area contributed by atoms with Gasteiger partial charge in [-0.15, -0.1) is 0 Å². The van der Waals surface area contributed by atoms with Crippen LogP contribution >= 0.6 is 0 Å². The highest BCUT2D eigenvalue weighted by Crippen LogP contribution is 2.30. The summed E-state index contributed by atoms with van der Waals surface area (Å²) in [5, 5.41) is 13.9. The molecule has 1 aliphatic heterocycles. The number of carboxylic acid groups (broad SMARTS) is 1. The van der Waals surface area contributed by atoms with Crippen LogP contribution in [0.2, 0.25) is 0 Å². The number of carboxylic acids is 1. The Morgan fingerprint density at radius 1 is 1.36 bits per heavy atom. The first-order valence-electron chi connectivity index (χ1n) is 7.58. The Hall–Kier alpha value is -2.14. The number of rotatable bonds is 4. The van der Waals surface area contributed by atoms with Crippen LogP contribution in [0.1, 0.15) is 30.9 Å². The first kappa shape index (κ1) is 14.8. The average molecular weight is 299 g/mol. The van der Waals surface area contributed by atoms with Gasteiger partial charge in [-0.05, 0) is 45.4 Å². The van der Waals surface area contributed by atoms with Gasteiger partial charge in [-0.25, -0.2) is 4.68 Å². The molecule has 1 N–H and O–H groups in total. The van der Waals surface area contributed by atoms with Gasteiger partial charge in [0.25, 0.3) is 0 Å². The first-order chi connectivity index (χ1) is 10.5. The van der Waals surface area contributed by atoms with Crippen molar-refractivity contribution in [3.05, 3.63) is 47.8 Å². The van der Waals surface area contributed by atoms with Gasteiger partial charge in [0.1, 0.15) is 5.54 Å². The van der Waals surface area contributed by atoms with Crippen molar-refractivity contribution in [1.82, 2.24) is 14.7 Å². The first-order valence-corrected chi connectivity index (χ1v) is 7.58. The van der Waals surface area contributed by atoms with Gasteiger partial charge >= 0.3 is 5.97 Å². The zero-order valence-corrected chi connectivity index (χ0v) is 13.0. The van der Waals surface area contributed by atoms with Crippen molar-refractivity contribution in [3.63, 3.8) is 0 Å². The molecule has 1 fully saturated rings. The van der Waals surface area contributed by atoms with E-state index >= 15 is 0 Å². The van der Waals surface area contributed by atoms with Crippen molar-refractivity contribution in [2.24, 2.45) is 0 Å². The van der Waals surface area contributed by atoms with E-state index < -0.39 is 11.5 Å². The second-order valence-electron chi connectivity index (χ2n) is 6.23. The van der Waals surface area contributed by atoms with E-state index in [0.717, 1.165) is 24.2 Å². The number of likely N-dealkylation sites (tertiary alicyclic amines) is 1. The van der Waals surface area contributed by atoms with E-state index in [-0.39, 0.29) is 0 Å². The third-order valence-electron chi connectivity index (χ3n) is 4.56. The van der Waals surface area contributed by atoms with Crippen molar-refractivity contribution in [1.29, 1.82) is 0 Å². The lowest BCUT2D eigenvalue weighted by atomic mass is 9.99. The molecule has 3 rings (SSSR count). The molecule has 1 aromatic heterocycles. The number of hydrogen-bond acceptors (Lipinski definition) is 3. The average Bonchev–Trinajstić information content (AvgIpc) is 3.09. The fourth-order valence-corrected chi connectivity index (χ4v) is 3.02. The minimum absolute atomic E-state index is 0.620. The van der Waals surface area contributed by atoms with E-state index in [2.05, 4.69) is 24.2 Å². The van der Waals surface area contributed by atoms with Gasteiger partial charge in [-0.3, -0.25) is 9.69 Å². The SMILES string of the molecule is Cc1ccc(-n2cc(CN3CCC[C@@]3(C)C(=O)O)cn2)cc1. The molecule has 116 valence electrons. The smallest absolute Gasteiger partial charge is 0.323 e. The Kier molecular flexibility index (Phi) is 3.74. The Balaban J connectivity index is 1.77. The molecule has 0 spiro atoms. The normalized spacial score (nSPS) is 22.1. The molecule has 1 aliphatic rings. The van der Waals surface area contributed by atoms with Crippen molar-refractivity contribution < 1.29 is 9.90 Å². The fourth-order valence-electron chi connectivity index (χ4n) is 3.02. The van der Waals surface area contributed by atoms with E-state index in [9.17, 15) is 9.90 Å². The summed E-state index contributed by atoms with van der Waals surface area (Å²) < 4.78 is 1.84. The number of hydrogen-bond donors (Lipinski definition) is 1. The van der Waals surface area contributed by atoms with Gasteiger partial charge < -0.3 is 5.11 Å². The third-order valence-corrected chi connectivity index (χ3v) is 4.56. The minimum Gasteiger partial charge on any atom is -0.480 e. The van der Waals surface area contributed by atoms with Gasteiger partial charge in [-0.2, -0.15) is 5.10 Å². The van der Waals surface area contributed by atoms with E-state index in [1.54, 1.807) is 0 Å². The van der Waals surface area contributed by atoms with Crippen LogP contribution in [0.3, 0.4) is 0 Å². The van der Waals surface area contributed by atoms with Gasteiger partial charge in [0.15, 0.2) is 0 Å². The predicted octanol–water partition coefficient (Wildman–Crippen LogP) is 2.62. The molecule has 1 aromatic carbocycles. The van der Waals surface area contributed by atoms with Crippen molar-refractivity contribution >= 4 is 5.97 Å². The van der Waals surface area contributed by atoms with E-state index in [0.29, 0.717) is 13.0 Å². The molecular formula is C17H21N3O2. The molecule has 0 aliphatic carbocycles. The number of carbonyl (C=O) groups is 1. The molecule has 2 aromatic rings. The molecule has 0 amide bonds. The highest BCUT2D eigenvalue weighted by molar-refractivity contribution is 5.78. The molecule has 2 heterocycles. The number of nitrogens with zero attached hydrogens (tertiary/aromatic N) is 3. The quantitative estimate of drug-likeness (QED) is 0.943. The van der Waals surface area contributed by atoms with Crippen LogP contribution in [-0.4, -0.2) is 37.8 Å². The number of benzene rings is 1. The maximum Gasteiger partial charge on any atom is 0.323 e. The van der Waals surface area contributed by atoms with Gasteiger partial charge in [0.05, 0.1) is 11.9 Å². The summed E-state index contributed by atoms with van der Waals surface area (Å²) in [5.41, 5.74) is 2.51. The lowest BCUT2D eigenvalue weighted by molar-refractivity contribution is -0.148. The molecule has 1 atom stereocenters. The van der Waals surface area contributed by atoms with Crippen molar-refractivity contribution in [3.8, 4) is 5.69 Å². The van der Waals surface area contributed by atoms with Crippen LogP contribution in [0.5, 0.6) is 0 Å². The van der Waals surface area contributed by atoms with Crippen LogP contribution < -0.4 is 0 Å². The highest BCUT2D eigenvalue weighted by atomic mass is 16.4. The number of aliphatic carboxylic acids is 1. The zero-order chi connectivity index (χ0) is 15.7. The number of aromatic nitrogens is 2. The van der Waals surface area contributed by atoms with Gasteiger partial charge in [-0.1, -0.05) is 17.7 Å². The summed E-state index contributed by atoms with van der Waals surface area (Å²) in [6.07, 6.45) is 5.43. The third kappa shape index (κ3) is 2.64. The maximum atomic E-state index is 11.5. The Morgan fingerprint density at radius 3 is 2.77 bits per heavy atom.